The van der Waals surface area contributed by atoms with E-state index in [1.165, 1.54) is 47.7 Å². The van der Waals surface area contributed by atoms with Gasteiger partial charge in [-0.2, -0.15) is 0 Å². The Morgan fingerprint density at radius 1 is 0.627 bits per heavy atom. The van der Waals surface area contributed by atoms with Gasteiger partial charge in [-0.3, -0.25) is 24.0 Å². The maximum Gasteiger partial charge on any atom is 0.330 e. The zero-order valence-corrected chi connectivity index (χ0v) is 28.2. The summed E-state index contributed by atoms with van der Waals surface area (Å²) >= 11 is 1.38. The van der Waals surface area contributed by atoms with Crippen molar-refractivity contribution in [3.05, 3.63) is 118 Å². The van der Waals surface area contributed by atoms with Gasteiger partial charge in [0.05, 0.1) is 0 Å². The number of carboxylic acids is 1. The van der Waals surface area contributed by atoms with E-state index in [1.54, 1.807) is 54.6 Å². The maximum atomic E-state index is 14.1. The first-order chi connectivity index (χ1) is 24.5. The molecule has 0 spiro atoms. The van der Waals surface area contributed by atoms with E-state index in [-0.39, 0.29) is 43.4 Å². The van der Waals surface area contributed by atoms with E-state index in [1.807, 2.05) is 5.38 Å². The number of amides is 5. The van der Waals surface area contributed by atoms with Crippen LogP contribution >= 0.6 is 11.3 Å². The monoisotopic (exact) mass is 711 g/mol. The number of hydrogen-bond acceptors (Lipinski definition) is 8. The van der Waals surface area contributed by atoms with Crippen LogP contribution < -0.4 is 26.6 Å². The molecule has 7 N–H and O–H groups in total. The lowest BCUT2D eigenvalue weighted by molar-refractivity contribution is -0.142. The largest absolute Gasteiger partial charge is 0.508 e. The van der Waals surface area contributed by atoms with Crippen molar-refractivity contribution in [3.63, 3.8) is 0 Å². The Morgan fingerprint density at radius 3 is 1.78 bits per heavy atom. The second kappa shape index (κ2) is 17.1. The number of anilines is 1. The van der Waals surface area contributed by atoms with Gasteiger partial charge in [0.25, 0.3) is 0 Å². The minimum Gasteiger partial charge on any atom is -0.508 e. The number of hydrogen-bond donors (Lipinski definition) is 7. The summed E-state index contributed by atoms with van der Waals surface area (Å²) in [7, 11) is 0. The normalized spacial score (nSPS) is 20.7. The van der Waals surface area contributed by atoms with Gasteiger partial charge in [-0.15, -0.1) is 11.3 Å². The average molecular weight is 712 g/mol. The molecule has 3 aromatic carbocycles. The predicted octanol–water partition coefficient (Wildman–Crippen LogP) is 2.61. The zero-order chi connectivity index (χ0) is 36.3. The molecule has 0 fully saturated rings. The summed E-state index contributed by atoms with van der Waals surface area (Å²) in [4.78, 5) is 80.7. The van der Waals surface area contributed by atoms with Crippen LogP contribution in [0.5, 0.6) is 5.75 Å². The second-order valence-electron chi connectivity index (χ2n) is 12.0. The third kappa shape index (κ3) is 10.5. The fourth-order valence-corrected chi connectivity index (χ4v) is 6.28. The molecule has 0 aliphatic carbocycles. The number of nitrogens with one attached hydrogen (secondary N) is 5. The number of phenolic OH excluding ortho intramolecular Hbond substituents is 1. The molecule has 1 unspecified atom stereocenters. The van der Waals surface area contributed by atoms with E-state index in [4.69, 9.17) is 0 Å². The molecule has 6 rings (SSSR count). The van der Waals surface area contributed by atoms with E-state index in [0.717, 1.165) is 4.88 Å². The lowest BCUT2D eigenvalue weighted by Crippen LogP contribution is -2.58. The lowest BCUT2D eigenvalue weighted by atomic mass is 10.0. The summed E-state index contributed by atoms with van der Waals surface area (Å²) in [5, 5.41) is 35.1. The van der Waals surface area contributed by atoms with Crippen LogP contribution in [0.3, 0.4) is 0 Å². The molecule has 4 aromatic rings. The molecule has 51 heavy (non-hydrogen) atoms. The van der Waals surface area contributed by atoms with E-state index < -0.39 is 59.7 Å². The van der Waals surface area contributed by atoms with E-state index in [2.05, 4.69) is 26.6 Å². The molecule has 3 heterocycles. The molecule has 0 saturated carbocycles. The van der Waals surface area contributed by atoms with Crippen molar-refractivity contribution in [3.8, 4) is 5.75 Å². The summed E-state index contributed by atoms with van der Waals surface area (Å²) in [6.45, 7) is 0. The van der Waals surface area contributed by atoms with Crippen LogP contribution in [0.25, 0.3) is 0 Å². The average Bonchev–Trinajstić information content (AvgIpc) is 3.63. The van der Waals surface area contributed by atoms with Crippen LogP contribution in [0.15, 0.2) is 96.4 Å². The fraction of sp³-hybridized carbons (Fsp3) is 0.243. The fourth-order valence-electron chi connectivity index (χ4n) is 5.53. The van der Waals surface area contributed by atoms with Gasteiger partial charge in [-0.25, -0.2) is 4.79 Å². The number of benzene rings is 3. The maximum absolute atomic E-state index is 14.1. The number of fused-ring (bicyclic) bond motifs is 17. The summed E-state index contributed by atoms with van der Waals surface area (Å²) in [6.07, 6.45) is -0.391. The molecule has 2 aliphatic heterocycles. The second-order valence-corrected chi connectivity index (χ2v) is 13.1. The Balaban J connectivity index is 1.52. The van der Waals surface area contributed by atoms with Gasteiger partial charge in [0.2, 0.25) is 29.5 Å². The third-order valence-corrected chi connectivity index (χ3v) is 9.10. The highest BCUT2D eigenvalue weighted by Gasteiger charge is 2.32. The first-order valence-electron chi connectivity index (χ1n) is 16.2. The van der Waals surface area contributed by atoms with Gasteiger partial charge in [-0.05, 0) is 52.4 Å². The standard InChI is InChI=1S/C37H37N5O8S/c43-26-14-8-23(9-15-26)20-28-34(46)41-29(19-22-5-2-1-3-6-22)36(48)42-33(37(49)50)24-10-12-25(13-11-24)38-31(44)16-17-32(45)39-30(35(47)40-28)21-27-7-4-18-51-27/h1-15,18,28-30,33,43H,16-17,19-21H2,(H,38,44)(H,39,45)(H,40,47)(H,41,46)(H,42,48)(H,49,50)/t28-,29+,30+,33?/m0/s1. The van der Waals surface area contributed by atoms with Crippen molar-refractivity contribution in [2.45, 2.75) is 56.3 Å². The van der Waals surface area contributed by atoms with Crippen molar-refractivity contribution in [1.29, 1.82) is 0 Å². The first-order valence-corrected chi connectivity index (χ1v) is 17.1. The number of carboxylic acid groups (broad SMARTS) is 1. The van der Waals surface area contributed by atoms with Crippen molar-refractivity contribution >= 4 is 52.5 Å². The van der Waals surface area contributed by atoms with Gasteiger partial charge < -0.3 is 36.8 Å². The molecule has 4 atom stereocenters. The molecular weight excluding hydrogens is 675 g/mol. The minimum absolute atomic E-state index is 0.00178. The number of aliphatic carboxylic acids is 1. The van der Waals surface area contributed by atoms with Crippen molar-refractivity contribution in [1.82, 2.24) is 21.3 Å². The molecule has 0 saturated heterocycles. The number of rotatable bonds is 7. The molecule has 2 aliphatic rings. The lowest BCUT2D eigenvalue weighted by Gasteiger charge is -2.26. The number of thiophene rings is 1. The van der Waals surface area contributed by atoms with E-state index in [9.17, 15) is 39.0 Å². The Bertz CT molecular complexity index is 1850. The van der Waals surface area contributed by atoms with Gasteiger partial charge >= 0.3 is 5.97 Å². The highest BCUT2D eigenvalue weighted by Crippen LogP contribution is 2.19. The predicted molar refractivity (Wildman–Crippen MR) is 189 cm³/mol. The zero-order valence-electron chi connectivity index (χ0n) is 27.3. The van der Waals surface area contributed by atoms with E-state index >= 15 is 0 Å². The highest BCUT2D eigenvalue weighted by atomic mass is 32.1. The molecule has 14 heteroatoms. The smallest absolute Gasteiger partial charge is 0.330 e. The first kappa shape index (κ1) is 36.3. The van der Waals surface area contributed by atoms with Crippen molar-refractivity contribution in [2.24, 2.45) is 0 Å². The number of phenols is 1. The van der Waals surface area contributed by atoms with Crippen LogP contribution in [0, 0.1) is 0 Å². The van der Waals surface area contributed by atoms with Crippen molar-refractivity contribution in [2.75, 3.05) is 5.32 Å². The summed E-state index contributed by atoms with van der Waals surface area (Å²) in [6, 6.07) is 19.1. The Labute approximate surface area is 297 Å². The van der Waals surface area contributed by atoms with Crippen LogP contribution in [-0.4, -0.2) is 63.8 Å². The third-order valence-electron chi connectivity index (χ3n) is 8.20. The van der Waals surface area contributed by atoms with Crippen LogP contribution in [0.4, 0.5) is 5.69 Å². The van der Waals surface area contributed by atoms with Crippen molar-refractivity contribution < 1.29 is 39.0 Å². The molecule has 264 valence electrons. The van der Waals surface area contributed by atoms with Crippen LogP contribution in [-0.2, 0) is 48.0 Å². The van der Waals surface area contributed by atoms with Crippen LogP contribution in [0.2, 0.25) is 0 Å². The molecular formula is C37H37N5O8S. The highest BCUT2D eigenvalue weighted by molar-refractivity contribution is 7.09. The van der Waals surface area contributed by atoms with Gasteiger partial charge in [0.15, 0.2) is 6.04 Å². The quantitative estimate of drug-likeness (QED) is 0.142. The molecule has 13 nitrogen and oxygen atoms in total. The Hall–Kier alpha value is -6.02. The SMILES string of the molecule is O=C1CCC(=O)N[C@H](Cc2cccs2)C(=O)N[C@@H](Cc2ccc(O)cc2)C(=O)N[C@H](Cc2ccccc2)C(=O)NC(C(=O)O)c2ccc(cc2)N1. The minimum atomic E-state index is -1.50. The Morgan fingerprint density at radius 2 is 1.20 bits per heavy atom. The van der Waals surface area contributed by atoms with Gasteiger partial charge in [0.1, 0.15) is 23.9 Å². The molecule has 0 radical (unpaired) electrons. The number of aromatic hydroxyl groups is 1. The molecule has 1 aromatic heterocycles. The number of carbonyl (C=O) groups is 6. The summed E-state index contributed by atoms with van der Waals surface area (Å²) in [5.74, 6) is -4.60. The number of carbonyl (C=O) groups excluding carboxylic acids is 5. The molecule has 5 amide bonds. The van der Waals surface area contributed by atoms with E-state index in [0.29, 0.717) is 16.8 Å². The van der Waals surface area contributed by atoms with Gasteiger partial charge in [0, 0.05) is 42.7 Å². The van der Waals surface area contributed by atoms with Crippen LogP contribution in [0.1, 0.15) is 40.5 Å². The van der Waals surface area contributed by atoms with Gasteiger partial charge in [-0.1, -0.05) is 60.7 Å². The Kier molecular flexibility index (Phi) is 12.1. The summed E-state index contributed by atoms with van der Waals surface area (Å²) < 4.78 is 0. The molecule has 2 bridgehead atoms. The summed E-state index contributed by atoms with van der Waals surface area (Å²) in [5.41, 5.74) is 1.81. The topological polar surface area (TPSA) is 203 Å².